The highest BCUT2D eigenvalue weighted by molar-refractivity contribution is 5.46. The highest BCUT2D eigenvalue weighted by Gasteiger charge is 2.05. The summed E-state index contributed by atoms with van der Waals surface area (Å²) < 4.78 is 30.8. The smallest absolute Gasteiger partial charge is 0.160 e. The summed E-state index contributed by atoms with van der Waals surface area (Å²) in [5.41, 5.74) is 1.03. The first-order valence-corrected chi connectivity index (χ1v) is 5.65. The van der Waals surface area contributed by atoms with Crippen LogP contribution >= 0.6 is 0 Å². The maximum atomic E-state index is 13.0. The van der Waals surface area contributed by atoms with Gasteiger partial charge in [0.1, 0.15) is 11.5 Å². The van der Waals surface area contributed by atoms with Crippen LogP contribution in [0, 0.1) is 11.6 Å². The number of ether oxygens (including phenoxy) is 1. The van der Waals surface area contributed by atoms with Gasteiger partial charge in [-0.25, -0.2) is 8.78 Å². The summed E-state index contributed by atoms with van der Waals surface area (Å²) in [4.78, 5) is 0. The second-order valence-corrected chi connectivity index (χ2v) is 3.98. The molecule has 0 bridgehead atoms. The number of phenolic OH excluding ortho intramolecular Hbond substituents is 1. The molecule has 0 heterocycles. The van der Waals surface area contributed by atoms with E-state index in [2.05, 4.69) is 5.32 Å². The molecule has 0 aliphatic carbocycles. The molecule has 2 rings (SSSR count). The lowest BCUT2D eigenvalue weighted by atomic mass is 10.2. The quantitative estimate of drug-likeness (QED) is 0.891. The first-order valence-electron chi connectivity index (χ1n) is 5.65. The first kappa shape index (κ1) is 13.1. The Balaban J connectivity index is 2.11. The van der Waals surface area contributed by atoms with Crippen LogP contribution in [0.5, 0.6) is 11.5 Å². The van der Waals surface area contributed by atoms with Crippen molar-refractivity contribution in [1.82, 2.24) is 0 Å². The third kappa shape index (κ3) is 3.13. The largest absolute Gasteiger partial charge is 0.508 e. The van der Waals surface area contributed by atoms with Crippen molar-refractivity contribution in [1.29, 1.82) is 0 Å². The molecule has 0 spiro atoms. The van der Waals surface area contributed by atoms with Gasteiger partial charge in [-0.1, -0.05) is 0 Å². The van der Waals surface area contributed by atoms with Crippen molar-refractivity contribution in [2.45, 2.75) is 6.54 Å². The Labute approximate surface area is 109 Å². The molecule has 2 aromatic rings. The fraction of sp³-hybridized carbons (Fsp3) is 0.143. The average molecular weight is 265 g/mol. The van der Waals surface area contributed by atoms with Gasteiger partial charge in [0, 0.05) is 23.9 Å². The molecule has 0 aromatic heterocycles. The standard InChI is InChI=1S/C14H13F2NO2/c1-19-11-3-5-14(18)9(6-11)8-17-10-2-4-12(15)13(16)7-10/h2-7,17-18H,8H2,1H3. The maximum absolute atomic E-state index is 13.0. The van der Waals surface area contributed by atoms with Gasteiger partial charge in [-0.2, -0.15) is 0 Å². The maximum Gasteiger partial charge on any atom is 0.160 e. The number of benzene rings is 2. The molecular weight excluding hydrogens is 252 g/mol. The Morgan fingerprint density at radius 2 is 1.89 bits per heavy atom. The Morgan fingerprint density at radius 1 is 1.11 bits per heavy atom. The Morgan fingerprint density at radius 3 is 2.58 bits per heavy atom. The van der Waals surface area contributed by atoms with E-state index >= 15 is 0 Å². The summed E-state index contributed by atoms with van der Waals surface area (Å²) in [6, 6.07) is 8.35. The van der Waals surface area contributed by atoms with E-state index in [1.54, 1.807) is 12.1 Å². The van der Waals surface area contributed by atoms with Gasteiger partial charge in [-0.3, -0.25) is 0 Å². The zero-order valence-corrected chi connectivity index (χ0v) is 10.3. The topological polar surface area (TPSA) is 41.5 Å². The molecule has 0 saturated heterocycles. The van der Waals surface area contributed by atoms with Crippen LogP contribution in [0.25, 0.3) is 0 Å². The molecule has 19 heavy (non-hydrogen) atoms. The summed E-state index contributed by atoms with van der Waals surface area (Å²) in [6.07, 6.45) is 0. The molecule has 2 aromatic carbocycles. The van der Waals surface area contributed by atoms with Gasteiger partial charge in [-0.15, -0.1) is 0 Å². The van der Waals surface area contributed by atoms with Crippen LogP contribution in [0.15, 0.2) is 36.4 Å². The predicted molar refractivity (Wildman–Crippen MR) is 68.3 cm³/mol. The van der Waals surface area contributed by atoms with Crippen molar-refractivity contribution in [2.24, 2.45) is 0 Å². The lowest BCUT2D eigenvalue weighted by Crippen LogP contribution is -2.01. The zero-order valence-electron chi connectivity index (χ0n) is 10.3. The molecule has 0 amide bonds. The number of nitrogens with one attached hydrogen (secondary N) is 1. The average Bonchev–Trinajstić information content (AvgIpc) is 2.41. The number of rotatable bonds is 4. The molecule has 3 nitrogen and oxygen atoms in total. The second kappa shape index (κ2) is 5.56. The molecule has 0 fully saturated rings. The number of aromatic hydroxyl groups is 1. The van der Waals surface area contributed by atoms with Gasteiger partial charge in [0.15, 0.2) is 11.6 Å². The summed E-state index contributed by atoms with van der Waals surface area (Å²) in [6.45, 7) is 0.272. The van der Waals surface area contributed by atoms with Crippen LogP contribution < -0.4 is 10.1 Å². The van der Waals surface area contributed by atoms with Gasteiger partial charge < -0.3 is 15.2 Å². The normalized spacial score (nSPS) is 10.3. The molecule has 0 atom stereocenters. The number of phenols is 1. The van der Waals surface area contributed by atoms with E-state index in [4.69, 9.17) is 4.74 Å². The van der Waals surface area contributed by atoms with Crippen LogP contribution in [-0.2, 0) is 6.54 Å². The van der Waals surface area contributed by atoms with E-state index in [1.807, 2.05) is 0 Å². The van der Waals surface area contributed by atoms with Crippen LogP contribution in [-0.4, -0.2) is 12.2 Å². The number of hydrogen-bond acceptors (Lipinski definition) is 3. The van der Waals surface area contributed by atoms with E-state index in [-0.39, 0.29) is 12.3 Å². The van der Waals surface area contributed by atoms with E-state index < -0.39 is 11.6 Å². The van der Waals surface area contributed by atoms with Gasteiger partial charge >= 0.3 is 0 Å². The Hall–Kier alpha value is -2.30. The third-order valence-corrected chi connectivity index (χ3v) is 2.69. The number of hydrogen-bond donors (Lipinski definition) is 2. The highest BCUT2D eigenvalue weighted by Crippen LogP contribution is 2.24. The van der Waals surface area contributed by atoms with Gasteiger partial charge in [0.2, 0.25) is 0 Å². The van der Waals surface area contributed by atoms with E-state index in [0.29, 0.717) is 17.0 Å². The van der Waals surface area contributed by atoms with Gasteiger partial charge in [-0.05, 0) is 30.3 Å². The summed E-state index contributed by atoms with van der Waals surface area (Å²) in [7, 11) is 1.53. The Bertz CT molecular complexity index is 588. The van der Waals surface area contributed by atoms with Crippen LogP contribution in [0.1, 0.15) is 5.56 Å². The Kier molecular flexibility index (Phi) is 3.85. The number of methoxy groups -OCH3 is 1. The first-order chi connectivity index (χ1) is 9.10. The van der Waals surface area contributed by atoms with Crippen molar-refractivity contribution >= 4 is 5.69 Å². The summed E-state index contributed by atoms with van der Waals surface area (Å²) >= 11 is 0. The van der Waals surface area contributed by atoms with Crippen molar-refractivity contribution in [3.05, 3.63) is 53.6 Å². The van der Waals surface area contributed by atoms with Crippen LogP contribution in [0.2, 0.25) is 0 Å². The van der Waals surface area contributed by atoms with E-state index in [1.165, 1.54) is 19.2 Å². The van der Waals surface area contributed by atoms with Gasteiger partial charge in [0.25, 0.3) is 0 Å². The number of halogens is 2. The summed E-state index contributed by atoms with van der Waals surface area (Å²) in [5, 5.41) is 12.6. The molecule has 2 N–H and O–H groups in total. The summed E-state index contributed by atoms with van der Waals surface area (Å²) in [5.74, 6) is -1.09. The van der Waals surface area contributed by atoms with Crippen LogP contribution in [0.3, 0.4) is 0 Å². The fourth-order valence-electron chi connectivity index (χ4n) is 1.63. The fourth-order valence-corrected chi connectivity index (χ4v) is 1.63. The SMILES string of the molecule is COc1ccc(O)c(CNc2ccc(F)c(F)c2)c1. The molecule has 100 valence electrons. The van der Waals surface area contributed by atoms with Crippen molar-refractivity contribution in [2.75, 3.05) is 12.4 Å². The van der Waals surface area contributed by atoms with Crippen molar-refractivity contribution in [3.8, 4) is 11.5 Å². The highest BCUT2D eigenvalue weighted by atomic mass is 19.2. The van der Waals surface area contributed by atoms with E-state index in [9.17, 15) is 13.9 Å². The predicted octanol–water partition coefficient (Wildman–Crippen LogP) is 3.29. The lowest BCUT2D eigenvalue weighted by Gasteiger charge is -2.10. The minimum absolute atomic E-state index is 0.107. The second-order valence-electron chi connectivity index (χ2n) is 3.98. The zero-order chi connectivity index (χ0) is 13.8. The molecule has 0 aliphatic heterocycles. The molecule has 5 heteroatoms. The molecule has 0 saturated carbocycles. The lowest BCUT2D eigenvalue weighted by molar-refractivity contribution is 0.411. The minimum Gasteiger partial charge on any atom is -0.508 e. The third-order valence-electron chi connectivity index (χ3n) is 2.69. The molecular formula is C14H13F2NO2. The molecule has 0 aliphatic rings. The molecule has 0 unspecified atom stereocenters. The van der Waals surface area contributed by atoms with Crippen molar-refractivity contribution < 1.29 is 18.6 Å². The van der Waals surface area contributed by atoms with E-state index in [0.717, 1.165) is 12.1 Å². The monoisotopic (exact) mass is 265 g/mol. The van der Waals surface area contributed by atoms with Crippen LogP contribution in [0.4, 0.5) is 14.5 Å². The van der Waals surface area contributed by atoms with Gasteiger partial charge in [0.05, 0.1) is 7.11 Å². The molecule has 0 radical (unpaired) electrons. The number of anilines is 1. The minimum atomic E-state index is -0.917. The van der Waals surface area contributed by atoms with Crippen molar-refractivity contribution in [3.63, 3.8) is 0 Å².